The van der Waals surface area contributed by atoms with E-state index in [4.69, 9.17) is 4.74 Å². The van der Waals surface area contributed by atoms with Crippen LogP contribution in [0.15, 0.2) is 18.2 Å². The Labute approximate surface area is 115 Å². The van der Waals surface area contributed by atoms with Crippen molar-refractivity contribution in [3.05, 3.63) is 29.3 Å². The SMILES string of the molecule is Cc1ccc(C(C)C)cc1OC1CCCCNC1=O. The lowest BCUT2D eigenvalue weighted by molar-refractivity contribution is -0.127. The fraction of sp³-hybridized carbons (Fsp3) is 0.562. The number of rotatable bonds is 3. The number of nitrogens with one attached hydrogen (secondary N) is 1. The predicted molar refractivity (Wildman–Crippen MR) is 76.5 cm³/mol. The van der Waals surface area contributed by atoms with Crippen molar-refractivity contribution in [2.45, 2.75) is 52.1 Å². The van der Waals surface area contributed by atoms with Crippen molar-refractivity contribution in [3.8, 4) is 5.75 Å². The van der Waals surface area contributed by atoms with Gasteiger partial charge in [0, 0.05) is 6.54 Å². The van der Waals surface area contributed by atoms with Crippen LogP contribution in [0.25, 0.3) is 0 Å². The molecule has 0 saturated carbocycles. The first-order chi connectivity index (χ1) is 9.08. The number of hydrogen-bond acceptors (Lipinski definition) is 2. The standard InChI is InChI=1S/C16H23NO2/c1-11(2)13-8-7-12(3)15(10-13)19-14-6-4-5-9-17-16(14)18/h7-8,10-11,14H,4-6,9H2,1-3H3,(H,17,18). The molecule has 1 heterocycles. The van der Waals surface area contributed by atoms with Crippen molar-refractivity contribution in [2.24, 2.45) is 0 Å². The molecule has 0 radical (unpaired) electrons. The average Bonchev–Trinajstić information content (AvgIpc) is 2.57. The molecule has 1 N–H and O–H groups in total. The Morgan fingerprint density at radius 1 is 1.32 bits per heavy atom. The molecule has 0 aromatic heterocycles. The van der Waals surface area contributed by atoms with E-state index in [-0.39, 0.29) is 12.0 Å². The summed E-state index contributed by atoms with van der Waals surface area (Å²) in [6.45, 7) is 7.11. The van der Waals surface area contributed by atoms with Crippen molar-refractivity contribution in [1.29, 1.82) is 0 Å². The number of hydrogen-bond donors (Lipinski definition) is 1. The summed E-state index contributed by atoms with van der Waals surface area (Å²) < 4.78 is 5.96. The van der Waals surface area contributed by atoms with Gasteiger partial charge in [0.1, 0.15) is 5.75 Å². The van der Waals surface area contributed by atoms with Gasteiger partial charge in [-0.05, 0) is 49.3 Å². The molecule has 1 fully saturated rings. The minimum atomic E-state index is -0.344. The van der Waals surface area contributed by atoms with Crippen molar-refractivity contribution in [2.75, 3.05) is 6.54 Å². The fourth-order valence-electron chi connectivity index (χ4n) is 2.28. The van der Waals surface area contributed by atoms with E-state index in [9.17, 15) is 4.79 Å². The van der Waals surface area contributed by atoms with Crippen LogP contribution >= 0.6 is 0 Å². The first-order valence-corrected chi connectivity index (χ1v) is 7.13. The molecular formula is C16H23NO2. The van der Waals surface area contributed by atoms with E-state index in [0.717, 1.165) is 37.1 Å². The van der Waals surface area contributed by atoms with Crippen LogP contribution in [0.3, 0.4) is 0 Å². The Kier molecular flexibility index (Phi) is 4.46. The van der Waals surface area contributed by atoms with Gasteiger partial charge in [-0.3, -0.25) is 4.79 Å². The van der Waals surface area contributed by atoms with Crippen LogP contribution < -0.4 is 10.1 Å². The normalized spacial score (nSPS) is 20.0. The van der Waals surface area contributed by atoms with Gasteiger partial charge in [0.15, 0.2) is 6.10 Å². The van der Waals surface area contributed by atoms with Crippen molar-refractivity contribution < 1.29 is 9.53 Å². The Morgan fingerprint density at radius 2 is 2.11 bits per heavy atom. The summed E-state index contributed by atoms with van der Waals surface area (Å²) >= 11 is 0. The van der Waals surface area contributed by atoms with Crippen LogP contribution in [0.4, 0.5) is 0 Å². The quantitative estimate of drug-likeness (QED) is 0.907. The fourth-order valence-corrected chi connectivity index (χ4v) is 2.28. The number of carbonyl (C=O) groups excluding carboxylic acids is 1. The number of carbonyl (C=O) groups is 1. The first kappa shape index (κ1) is 13.9. The lowest BCUT2D eigenvalue weighted by Gasteiger charge is -2.19. The zero-order valence-electron chi connectivity index (χ0n) is 12.0. The van der Waals surface area contributed by atoms with Gasteiger partial charge in [-0.2, -0.15) is 0 Å². The predicted octanol–water partition coefficient (Wildman–Crippen LogP) is 3.17. The van der Waals surface area contributed by atoms with Crippen LogP contribution in [-0.4, -0.2) is 18.6 Å². The third kappa shape index (κ3) is 3.49. The summed E-state index contributed by atoms with van der Waals surface area (Å²) in [5.74, 6) is 1.33. The summed E-state index contributed by atoms with van der Waals surface area (Å²) in [5.41, 5.74) is 2.33. The highest BCUT2D eigenvalue weighted by atomic mass is 16.5. The van der Waals surface area contributed by atoms with Gasteiger partial charge in [-0.15, -0.1) is 0 Å². The molecule has 1 unspecified atom stereocenters. The van der Waals surface area contributed by atoms with E-state index >= 15 is 0 Å². The van der Waals surface area contributed by atoms with Crippen molar-refractivity contribution in [1.82, 2.24) is 5.32 Å². The van der Waals surface area contributed by atoms with Crippen LogP contribution in [0, 0.1) is 6.92 Å². The molecule has 0 aliphatic carbocycles. The maximum atomic E-state index is 11.9. The lowest BCUT2D eigenvalue weighted by atomic mass is 10.0. The maximum Gasteiger partial charge on any atom is 0.261 e. The second kappa shape index (κ2) is 6.09. The highest BCUT2D eigenvalue weighted by Crippen LogP contribution is 2.26. The van der Waals surface area contributed by atoms with E-state index in [0.29, 0.717) is 5.92 Å². The number of benzene rings is 1. The van der Waals surface area contributed by atoms with Crippen molar-refractivity contribution >= 4 is 5.91 Å². The van der Waals surface area contributed by atoms with Crippen LogP contribution in [0.2, 0.25) is 0 Å². The monoisotopic (exact) mass is 261 g/mol. The zero-order valence-corrected chi connectivity index (χ0v) is 12.0. The van der Waals surface area contributed by atoms with E-state index in [1.54, 1.807) is 0 Å². The van der Waals surface area contributed by atoms with Gasteiger partial charge in [-0.1, -0.05) is 26.0 Å². The second-order valence-electron chi connectivity index (χ2n) is 5.57. The Balaban J connectivity index is 2.17. The Bertz CT molecular complexity index is 454. The minimum absolute atomic E-state index is 0.0202. The van der Waals surface area contributed by atoms with Gasteiger partial charge >= 0.3 is 0 Å². The summed E-state index contributed by atoms with van der Waals surface area (Å²) in [7, 11) is 0. The summed E-state index contributed by atoms with van der Waals surface area (Å²) in [6.07, 6.45) is 2.53. The molecule has 1 atom stereocenters. The number of amides is 1. The molecule has 1 amide bonds. The maximum absolute atomic E-state index is 11.9. The van der Waals surface area contributed by atoms with Crippen LogP contribution in [0.5, 0.6) is 5.75 Å². The third-order valence-corrected chi connectivity index (χ3v) is 3.63. The largest absolute Gasteiger partial charge is 0.480 e. The molecule has 1 aliphatic rings. The molecule has 2 rings (SSSR count). The molecule has 1 aromatic carbocycles. The molecule has 0 spiro atoms. The summed E-state index contributed by atoms with van der Waals surface area (Å²) in [4.78, 5) is 11.9. The van der Waals surface area contributed by atoms with E-state index in [1.807, 2.05) is 6.92 Å². The topological polar surface area (TPSA) is 38.3 Å². The lowest BCUT2D eigenvalue weighted by Crippen LogP contribution is -2.36. The number of aryl methyl sites for hydroxylation is 1. The van der Waals surface area contributed by atoms with E-state index in [1.165, 1.54) is 5.56 Å². The van der Waals surface area contributed by atoms with Gasteiger partial charge in [0.05, 0.1) is 0 Å². The van der Waals surface area contributed by atoms with Gasteiger partial charge < -0.3 is 10.1 Å². The highest BCUT2D eigenvalue weighted by Gasteiger charge is 2.23. The van der Waals surface area contributed by atoms with Gasteiger partial charge in [0.25, 0.3) is 5.91 Å². The molecule has 3 heteroatoms. The average molecular weight is 261 g/mol. The van der Waals surface area contributed by atoms with Crippen LogP contribution in [-0.2, 0) is 4.79 Å². The van der Waals surface area contributed by atoms with Crippen LogP contribution in [0.1, 0.15) is 50.2 Å². The van der Waals surface area contributed by atoms with E-state index in [2.05, 4.69) is 37.4 Å². The molecule has 1 aromatic rings. The smallest absolute Gasteiger partial charge is 0.261 e. The molecular weight excluding hydrogens is 238 g/mol. The molecule has 3 nitrogen and oxygen atoms in total. The molecule has 0 bridgehead atoms. The highest BCUT2D eigenvalue weighted by molar-refractivity contribution is 5.81. The molecule has 19 heavy (non-hydrogen) atoms. The summed E-state index contributed by atoms with van der Waals surface area (Å²) in [5, 5.41) is 2.91. The first-order valence-electron chi connectivity index (χ1n) is 7.13. The Hall–Kier alpha value is -1.51. The second-order valence-corrected chi connectivity index (χ2v) is 5.57. The van der Waals surface area contributed by atoms with E-state index < -0.39 is 0 Å². The summed E-state index contributed by atoms with van der Waals surface area (Å²) in [6, 6.07) is 6.26. The molecule has 104 valence electrons. The van der Waals surface area contributed by atoms with Crippen molar-refractivity contribution in [3.63, 3.8) is 0 Å². The van der Waals surface area contributed by atoms with Gasteiger partial charge in [0.2, 0.25) is 0 Å². The van der Waals surface area contributed by atoms with Gasteiger partial charge in [-0.25, -0.2) is 0 Å². The Morgan fingerprint density at radius 3 is 2.84 bits per heavy atom. The zero-order chi connectivity index (χ0) is 13.8. The molecule has 1 saturated heterocycles. The molecule has 1 aliphatic heterocycles. The number of ether oxygens (including phenoxy) is 1. The minimum Gasteiger partial charge on any atom is -0.480 e. The third-order valence-electron chi connectivity index (χ3n) is 3.63.